The Morgan fingerprint density at radius 3 is 2.09 bits per heavy atom. The standard InChI is InChI=1S/C25H33N3O4/c1-16(2)15-18-5-7-19(8-6-18)17(3)24(30)28-22(13-14-23(26)29)25(31)27-20-9-11-21(32-4)12-10-20/h5-12,16-17,22H,13-15H2,1-4H3,(H2,26,29)(H,27,31)(H,28,30)/t17?,22-/m0/s1. The zero-order valence-electron chi connectivity index (χ0n) is 19.2. The van der Waals surface area contributed by atoms with E-state index in [1.807, 2.05) is 24.3 Å². The average Bonchev–Trinajstić information content (AvgIpc) is 2.76. The molecule has 0 saturated heterocycles. The number of primary amides is 1. The average molecular weight is 440 g/mol. The lowest BCUT2D eigenvalue weighted by Gasteiger charge is -2.21. The number of rotatable bonds is 11. The van der Waals surface area contributed by atoms with Crippen molar-refractivity contribution in [3.8, 4) is 5.75 Å². The van der Waals surface area contributed by atoms with Gasteiger partial charge < -0.3 is 21.1 Å². The molecule has 3 amide bonds. The van der Waals surface area contributed by atoms with E-state index in [9.17, 15) is 14.4 Å². The van der Waals surface area contributed by atoms with Crippen molar-refractivity contribution in [1.29, 1.82) is 0 Å². The third-order valence-electron chi connectivity index (χ3n) is 5.19. The van der Waals surface area contributed by atoms with E-state index in [4.69, 9.17) is 10.5 Å². The molecule has 0 bridgehead atoms. The molecule has 0 heterocycles. The van der Waals surface area contributed by atoms with Gasteiger partial charge in [0.2, 0.25) is 17.7 Å². The van der Waals surface area contributed by atoms with E-state index < -0.39 is 23.8 Å². The van der Waals surface area contributed by atoms with Gasteiger partial charge in [0, 0.05) is 12.1 Å². The van der Waals surface area contributed by atoms with Gasteiger partial charge in [-0.1, -0.05) is 38.1 Å². The summed E-state index contributed by atoms with van der Waals surface area (Å²) in [5.74, 6) is -0.472. The van der Waals surface area contributed by atoms with Crippen LogP contribution >= 0.6 is 0 Å². The van der Waals surface area contributed by atoms with Gasteiger partial charge in [-0.05, 0) is 61.1 Å². The van der Waals surface area contributed by atoms with E-state index in [-0.39, 0.29) is 18.7 Å². The fraction of sp³-hybridized carbons (Fsp3) is 0.400. The molecule has 172 valence electrons. The maximum Gasteiger partial charge on any atom is 0.246 e. The Balaban J connectivity index is 2.07. The van der Waals surface area contributed by atoms with E-state index in [1.54, 1.807) is 38.3 Å². The molecule has 7 nitrogen and oxygen atoms in total. The highest BCUT2D eigenvalue weighted by atomic mass is 16.5. The molecular weight excluding hydrogens is 406 g/mol. The SMILES string of the molecule is COc1ccc(NC(=O)[C@H](CCC(N)=O)NC(=O)C(C)c2ccc(CC(C)C)cc2)cc1. The summed E-state index contributed by atoms with van der Waals surface area (Å²) in [5.41, 5.74) is 7.89. The van der Waals surface area contributed by atoms with Crippen molar-refractivity contribution in [1.82, 2.24) is 5.32 Å². The van der Waals surface area contributed by atoms with E-state index in [1.165, 1.54) is 5.56 Å². The Kier molecular flexibility index (Phi) is 9.25. The quantitative estimate of drug-likeness (QED) is 0.498. The Hall–Kier alpha value is -3.35. The number of methoxy groups -OCH3 is 1. The van der Waals surface area contributed by atoms with Crippen LogP contribution in [0.3, 0.4) is 0 Å². The first-order valence-electron chi connectivity index (χ1n) is 10.8. The van der Waals surface area contributed by atoms with Crippen LogP contribution in [0.4, 0.5) is 5.69 Å². The molecule has 0 saturated carbocycles. The van der Waals surface area contributed by atoms with Gasteiger partial charge in [0.25, 0.3) is 0 Å². The lowest BCUT2D eigenvalue weighted by molar-refractivity contribution is -0.128. The van der Waals surface area contributed by atoms with Crippen LogP contribution in [0, 0.1) is 5.92 Å². The highest BCUT2D eigenvalue weighted by Crippen LogP contribution is 2.19. The van der Waals surface area contributed by atoms with Crippen LogP contribution in [0.25, 0.3) is 0 Å². The minimum absolute atomic E-state index is 0.0146. The van der Waals surface area contributed by atoms with Crippen LogP contribution in [0.5, 0.6) is 5.75 Å². The maximum atomic E-state index is 12.9. The van der Waals surface area contributed by atoms with Crippen LogP contribution in [-0.2, 0) is 20.8 Å². The Morgan fingerprint density at radius 2 is 1.56 bits per heavy atom. The van der Waals surface area contributed by atoms with Gasteiger partial charge in [0.1, 0.15) is 11.8 Å². The van der Waals surface area contributed by atoms with Crippen LogP contribution in [0.15, 0.2) is 48.5 Å². The molecule has 0 aliphatic rings. The van der Waals surface area contributed by atoms with E-state index in [0.29, 0.717) is 17.4 Å². The summed E-state index contributed by atoms with van der Waals surface area (Å²) in [6.07, 6.45) is 1.07. The second-order valence-electron chi connectivity index (χ2n) is 8.35. The number of nitrogens with one attached hydrogen (secondary N) is 2. The molecule has 2 atom stereocenters. The normalized spacial score (nSPS) is 12.7. The van der Waals surface area contributed by atoms with Gasteiger partial charge in [-0.25, -0.2) is 0 Å². The van der Waals surface area contributed by atoms with Gasteiger partial charge in [0.05, 0.1) is 13.0 Å². The lowest BCUT2D eigenvalue weighted by atomic mass is 9.96. The van der Waals surface area contributed by atoms with Crippen LogP contribution in [0.2, 0.25) is 0 Å². The first-order chi connectivity index (χ1) is 15.2. The number of amides is 3. The number of benzene rings is 2. The van der Waals surface area contributed by atoms with Crippen molar-refractivity contribution in [3.05, 3.63) is 59.7 Å². The molecule has 7 heteroatoms. The highest BCUT2D eigenvalue weighted by Gasteiger charge is 2.25. The number of hydrogen-bond donors (Lipinski definition) is 3. The van der Waals surface area contributed by atoms with Crippen molar-refractivity contribution >= 4 is 23.4 Å². The molecule has 2 aromatic carbocycles. The zero-order valence-corrected chi connectivity index (χ0v) is 19.2. The first kappa shape index (κ1) is 24.9. The fourth-order valence-electron chi connectivity index (χ4n) is 3.32. The second kappa shape index (κ2) is 11.9. The van der Waals surface area contributed by atoms with Crippen molar-refractivity contribution < 1.29 is 19.1 Å². The van der Waals surface area contributed by atoms with Gasteiger partial charge in [-0.3, -0.25) is 14.4 Å². The summed E-state index contributed by atoms with van der Waals surface area (Å²) in [4.78, 5) is 37.0. The van der Waals surface area contributed by atoms with Crippen molar-refractivity contribution in [3.63, 3.8) is 0 Å². The minimum Gasteiger partial charge on any atom is -0.497 e. The summed E-state index contributed by atoms with van der Waals surface area (Å²) >= 11 is 0. The van der Waals surface area contributed by atoms with E-state index in [0.717, 1.165) is 12.0 Å². The molecule has 0 aliphatic heterocycles. The first-order valence-corrected chi connectivity index (χ1v) is 10.8. The van der Waals surface area contributed by atoms with E-state index in [2.05, 4.69) is 24.5 Å². The van der Waals surface area contributed by atoms with Crippen LogP contribution in [0.1, 0.15) is 50.7 Å². The van der Waals surface area contributed by atoms with Crippen LogP contribution in [-0.4, -0.2) is 30.9 Å². The number of hydrogen-bond acceptors (Lipinski definition) is 4. The number of ether oxygens (including phenoxy) is 1. The summed E-state index contributed by atoms with van der Waals surface area (Å²) in [5, 5.41) is 5.54. The monoisotopic (exact) mass is 439 g/mol. The second-order valence-corrected chi connectivity index (χ2v) is 8.35. The molecule has 0 aliphatic carbocycles. The maximum absolute atomic E-state index is 12.9. The van der Waals surface area contributed by atoms with Crippen molar-refractivity contribution in [2.24, 2.45) is 11.7 Å². The molecule has 2 aromatic rings. The molecule has 32 heavy (non-hydrogen) atoms. The zero-order chi connectivity index (χ0) is 23.7. The molecule has 0 radical (unpaired) electrons. The third kappa shape index (κ3) is 7.72. The molecular formula is C25H33N3O4. The van der Waals surface area contributed by atoms with Crippen molar-refractivity contribution in [2.75, 3.05) is 12.4 Å². The largest absolute Gasteiger partial charge is 0.497 e. The van der Waals surface area contributed by atoms with E-state index >= 15 is 0 Å². The highest BCUT2D eigenvalue weighted by molar-refractivity contribution is 5.98. The third-order valence-corrected chi connectivity index (χ3v) is 5.19. The molecule has 2 rings (SSSR count). The van der Waals surface area contributed by atoms with Gasteiger partial charge >= 0.3 is 0 Å². The lowest BCUT2D eigenvalue weighted by Crippen LogP contribution is -2.45. The predicted octanol–water partition coefficient (Wildman–Crippen LogP) is 3.39. The number of carbonyl (C=O) groups is 3. The number of nitrogens with two attached hydrogens (primary N) is 1. The fourth-order valence-corrected chi connectivity index (χ4v) is 3.32. The van der Waals surface area contributed by atoms with Gasteiger partial charge in [-0.2, -0.15) is 0 Å². The summed E-state index contributed by atoms with van der Waals surface area (Å²) in [7, 11) is 1.56. The van der Waals surface area contributed by atoms with Crippen LogP contribution < -0.4 is 21.1 Å². The van der Waals surface area contributed by atoms with Gasteiger partial charge in [-0.15, -0.1) is 0 Å². The topological polar surface area (TPSA) is 111 Å². The predicted molar refractivity (Wildman–Crippen MR) is 125 cm³/mol. The number of carbonyl (C=O) groups excluding carboxylic acids is 3. The molecule has 0 aromatic heterocycles. The van der Waals surface area contributed by atoms with Crippen molar-refractivity contribution in [2.45, 2.75) is 52.0 Å². The summed E-state index contributed by atoms with van der Waals surface area (Å²) in [6, 6.07) is 13.9. The Bertz CT molecular complexity index is 908. The summed E-state index contributed by atoms with van der Waals surface area (Å²) < 4.78 is 5.11. The Labute approximate surface area is 189 Å². The number of anilines is 1. The molecule has 4 N–H and O–H groups in total. The molecule has 0 spiro atoms. The molecule has 0 fully saturated rings. The Morgan fingerprint density at radius 1 is 0.938 bits per heavy atom. The summed E-state index contributed by atoms with van der Waals surface area (Å²) in [6.45, 7) is 6.11. The molecule has 1 unspecified atom stereocenters. The smallest absolute Gasteiger partial charge is 0.246 e. The van der Waals surface area contributed by atoms with Gasteiger partial charge in [0.15, 0.2) is 0 Å². The minimum atomic E-state index is -0.889.